The van der Waals surface area contributed by atoms with Crippen LogP contribution >= 0.6 is 0 Å². The van der Waals surface area contributed by atoms with Gasteiger partial charge in [0, 0.05) is 57.6 Å². The van der Waals surface area contributed by atoms with E-state index in [0.717, 1.165) is 49.6 Å². The Hall–Kier alpha value is -1.40. The van der Waals surface area contributed by atoms with Gasteiger partial charge in [-0.25, -0.2) is 4.98 Å². The number of nitrogens with one attached hydrogen (secondary N) is 1. The second-order valence-electron chi connectivity index (χ2n) is 7.86. The van der Waals surface area contributed by atoms with E-state index in [9.17, 15) is 0 Å². The molecule has 2 aliphatic rings. The number of likely N-dealkylation sites (tertiary alicyclic amines) is 1. The largest absolute Gasteiger partial charge is 0.356 e. The molecule has 1 N–H and O–H groups in total. The summed E-state index contributed by atoms with van der Waals surface area (Å²) in [6, 6.07) is 3.55. The minimum absolute atomic E-state index is 0.645. The maximum Gasteiger partial charge on any atom is 0.227 e. The number of nitrogens with zero attached hydrogens (tertiary/aromatic N) is 5. The molecule has 0 aromatic carbocycles. The summed E-state index contributed by atoms with van der Waals surface area (Å²) in [6.07, 6.45) is 6.06. The molecule has 0 aliphatic carbocycles. The average Bonchev–Trinajstić information content (AvgIpc) is 3.14. The molecule has 1 unspecified atom stereocenters. The van der Waals surface area contributed by atoms with Gasteiger partial charge < -0.3 is 15.1 Å². The summed E-state index contributed by atoms with van der Waals surface area (Å²) in [6.45, 7) is 10.2. The fraction of sp³-hybridized carbons (Fsp3) is 0.800. The summed E-state index contributed by atoms with van der Waals surface area (Å²) in [4.78, 5) is 16.4. The molecule has 0 radical (unpaired) electrons. The summed E-state index contributed by atoms with van der Waals surface area (Å²) in [7, 11) is 4.02. The molecule has 1 aromatic heterocycles. The quantitative estimate of drug-likeness (QED) is 0.804. The van der Waals surface area contributed by atoms with Crippen LogP contribution in [-0.4, -0.2) is 73.8 Å². The van der Waals surface area contributed by atoms with Crippen LogP contribution in [0.3, 0.4) is 0 Å². The summed E-state index contributed by atoms with van der Waals surface area (Å²) in [5, 5.41) is 3.84. The lowest BCUT2D eigenvalue weighted by Crippen LogP contribution is -2.47. The van der Waals surface area contributed by atoms with Gasteiger partial charge in [-0.3, -0.25) is 4.90 Å². The van der Waals surface area contributed by atoms with E-state index < -0.39 is 0 Å². The van der Waals surface area contributed by atoms with Crippen molar-refractivity contribution in [3.63, 3.8) is 0 Å². The van der Waals surface area contributed by atoms with Crippen LogP contribution < -0.4 is 15.1 Å². The predicted molar refractivity (Wildman–Crippen MR) is 109 cm³/mol. The summed E-state index contributed by atoms with van der Waals surface area (Å²) >= 11 is 0. The Morgan fingerprint density at radius 1 is 1.12 bits per heavy atom. The van der Waals surface area contributed by atoms with E-state index in [4.69, 9.17) is 4.98 Å². The van der Waals surface area contributed by atoms with E-state index in [1.165, 1.54) is 38.8 Å². The fourth-order valence-electron chi connectivity index (χ4n) is 4.17. The van der Waals surface area contributed by atoms with Crippen molar-refractivity contribution >= 4 is 11.8 Å². The third kappa shape index (κ3) is 4.65. The van der Waals surface area contributed by atoms with Gasteiger partial charge in [-0.05, 0) is 45.2 Å². The van der Waals surface area contributed by atoms with E-state index in [1.54, 1.807) is 0 Å². The van der Waals surface area contributed by atoms with E-state index in [-0.39, 0.29) is 0 Å². The van der Waals surface area contributed by atoms with Crippen LogP contribution in [0.2, 0.25) is 0 Å². The maximum absolute atomic E-state index is 4.77. The van der Waals surface area contributed by atoms with Crippen LogP contribution in [0.1, 0.15) is 45.2 Å². The van der Waals surface area contributed by atoms with Gasteiger partial charge in [-0.2, -0.15) is 4.98 Å². The predicted octanol–water partition coefficient (Wildman–Crippen LogP) is 2.15. The molecule has 2 fully saturated rings. The topological polar surface area (TPSA) is 47.5 Å². The van der Waals surface area contributed by atoms with E-state index in [2.05, 4.69) is 40.0 Å². The van der Waals surface area contributed by atoms with Crippen LogP contribution in [0.4, 0.5) is 11.8 Å². The Morgan fingerprint density at radius 3 is 2.54 bits per heavy atom. The van der Waals surface area contributed by atoms with Crippen molar-refractivity contribution in [2.75, 3.05) is 56.6 Å². The van der Waals surface area contributed by atoms with Gasteiger partial charge in [0.2, 0.25) is 5.95 Å². The molecule has 0 saturated carbocycles. The number of anilines is 2. The zero-order chi connectivity index (χ0) is 18.5. The molecular formula is C20H36N6. The molecule has 6 nitrogen and oxygen atoms in total. The summed E-state index contributed by atoms with van der Waals surface area (Å²) in [5.74, 6) is 1.91. The number of likely N-dealkylation sites (N-methyl/N-ethyl adjacent to an activating group) is 1. The van der Waals surface area contributed by atoms with Crippen LogP contribution in [0.25, 0.3) is 0 Å². The lowest BCUT2D eigenvalue weighted by Gasteiger charge is -2.35. The maximum atomic E-state index is 4.77. The molecule has 1 atom stereocenters. The van der Waals surface area contributed by atoms with Gasteiger partial charge in [0.15, 0.2) is 0 Å². The highest BCUT2D eigenvalue weighted by molar-refractivity contribution is 5.46. The van der Waals surface area contributed by atoms with E-state index >= 15 is 0 Å². The fourth-order valence-corrected chi connectivity index (χ4v) is 4.17. The number of aromatic nitrogens is 2. The van der Waals surface area contributed by atoms with E-state index in [0.29, 0.717) is 6.04 Å². The Morgan fingerprint density at radius 2 is 1.88 bits per heavy atom. The van der Waals surface area contributed by atoms with Crippen molar-refractivity contribution in [1.82, 2.24) is 20.2 Å². The first-order valence-electron chi connectivity index (χ1n) is 10.4. The first kappa shape index (κ1) is 19.4. The highest BCUT2D eigenvalue weighted by atomic mass is 15.3. The Kier molecular flexibility index (Phi) is 6.70. The number of piperidine rings is 1. The first-order chi connectivity index (χ1) is 12.6. The number of hydrogen-bond acceptors (Lipinski definition) is 6. The highest BCUT2D eigenvalue weighted by Gasteiger charge is 2.25. The molecule has 0 amide bonds. The Balaban J connectivity index is 1.53. The zero-order valence-corrected chi connectivity index (χ0v) is 17.0. The Bertz CT molecular complexity index is 567. The SMILES string of the molecule is CCc1cc(N2CCC(NCC3CCCN3CC)CC2)nc(N(C)C)n1. The van der Waals surface area contributed by atoms with Crippen LogP contribution in [0.15, 0.2) is 6.07 Å². The van der Waals surface area contributed by atoms with Crippen molar-refractivity contribution in [1.29, 1.82) is 0 Å². The molecule has 26 heavy (non-hydrogen) atoms. The summed E-state index contributed by atoms with van der Waals surface area (Å²) in [5.41, 5.74) is 1.12. The highest BCUT2D eigenvalue weighted by Crippen LogP contribution is 2.22. The van der Waals surface area contributed by atoms with Gasteiger partial charge in [0.05, 0.1) is 0 Å². The second-order valence-corrected chi connectivity index (χ2v) is 7.86. The minimum atomic E-state index is 0.645. The average molecular weight is 361 g/mol. The molecule has 2 aliphatic heterocycles. The molecule has 1 aromatic rings. The second kappa shape index (κ2) is 9.00. The molecule has 6 heteroatoms. The normalized spacial score (nSPS) is 22.2. The third-order valence-electron chi connectivity index (χ3n) is 5.88. The number of hydrogen-bond donors (Lipinski definition) is 1. The molecule has 146 valence electrons. The molecule has 0 bridgehead atoms. The van der Waals surface area contributed by atoms with E-state index in [1.807, 2.05) is 19.0 Å². The first-order valence-corrected chi connectivity index (χ1v) is 10.4. The lowest BCUT2D eigenvalue weighted by molar-refractivity contribution is 0.248. The smallest absolute Gasteiger partial charge is 0.227 e. The van der Waals surface area contributed by atoms with Crippen molar-refractivity contribution < 1.29 is 0 Å². The van der Waals surface area contributed by atoms with Gasteiger partial charge in [-0.15, -0.1) is 0 Å². The van der Waals surface area contributed by atoms with Crippen LogP contribution in [-0.2, 0) is 6.42 Å². The standard InChI is InChI=1S/C20H36N6/c1-5-16-14-19(23-20(22-16)24(3)4)26-12-9-17(10-13-26)21-15-18-8-7-11-25(18)6-2/h14,17-18,21H,5-13,15H2,1-4H3. The number of rotatable bonds is 7. The Labute approximate surface area is 159 Å². The van der Waals surface area contributed by atoms with Crippen molar-refractivity contribution in [2.24, 2.45) is 0 Å². The van der Waals surface area contributed by atoms with Crippen molar-refractivity contribution in [3.05, 3.63) is 11.8 Å². The molecule has 3 heterocycles. The number of aryl methyl sites for hydroxylation is 1. The summed E-state index contributed by atoms with van der Waals surface area (Å²) < 4.78 is 0. The van der Waals surface area contributed by atoms with Crippen molar-refractivity contribution in [2.45, 2.75) is 58.0 Å². The molecular weight excluding hydrogens is 324 g/mol. The third-order valence-corrected chi connectivity index (χ3v) is 5.88. The molecule has 0 spiro atoms. The van der Waals surface area contributed by atoms with Crippen molar-refractivity contribution in [3.8, 4) is 0 Å². The van der Waals surface area contributed by atoms with Gasteiger partial charge in [0.25, 0.3) is 0 Å². The monoisotopic (exact) mass is 360 g/mol. The lowest BCUT2D eigenvalue weighted by atomic mass is 10.0. The minimum Gasteiger partial charge on any atom is -0.356 e. The van der Waals surface area contributed by atoms with Gasteiger partial charge >= 0.3 is 0 Å². The molecule has 3 rings (SSSR count). The van der Waals surface area contributed by atoms with Gasteiger partial charge in [0.1, 0.15) is 5.82 Å². The van der Waals surface area contributed by atoms with Gasteiger partial charge in [-0.1, -0.05) is 13.8 Å². The zero-order valence-electron chi connectivity index (χ0n) is 17.0. The van der Waals surface area contributed by atoms with Crippen LogP contribution in [0, 0.1) is 0 Å². The van der Waals surface area contributed by atoms with Crippen LogP contribution in [0.5, 0.6) is 0 Å². The molecule has 2 saturated heterocycles.